The Morgan fingerprint density at radius 3 is 2.94 bits per heavy atom. The molecule has 90 valence electrons. The molecule has 0 aliphatic heterocycles. The maximum Gasteiger partial charge on any atom is 0.183 e. The first-order valence-electron chi connectivity index (χ1n) is 5.53. The van der Waals surface area contributed by atoms with E-state index in [9.17, 15) is 9.18 Å². The van der Waals surface area contributed by atoms with E-state index in [4.69, 9.17) is 0 Å². The Kier molecular flexibility index (Phi) is 2.44. The molecule has 1 aromatic carbocycles. The summed E-state index contributed by atoms with van der Waals surface area (Å²) in [6.07, 6.45) is 1.97. The van der Waals surface area contributed by atoms with Gasteiger partial charge in [-0.25, -0.2) is 13.9 Å². The van der Waals surface area contributed by atoms with E-state index in [2.05, 4.69) is 10.1 Å². The minimum absolute atomic E-state index is 0.0982. The van der Waals surface area contributed by atoms with Crippen LogP contribution in [-0.2, 0) is 6.42 Å². The van der Waals surface area contributed by atoms with Gasteiger partial charge in [-0.1, -0.05) is 18.2 Å². The summed E-state index contributed by atoms with van der Waals surface area (Å²) in [5.74, 6) is 0.359. The smallest absolute Gasteiger partial charge is 0.183 e. The molecule has 0 atom stereocenters. The number of hydrogen-bond acceptors (Lipinski definition) is 2. The molecule has 0 unspecified atom stereocenters. The van der Waals surface area contributed by atoms with Crippen LogP contribution >= 0.6 is 0 Å². The van der Waals surface area contributed by atoms with Crippen LogP contribution < -0.4 is 5.43 Å². The van der Waals surface area contributed by atoms with E-state index in [-0.39, 0.29) is 11.2 Å². The molecule has 0 radical (unpaired) electrons. The van der Waals surface area contributed by atoms with E-state index in [1.165, 1.54) is 18.2 Å². The number of halogens is 1. The van der Waals surface area contributed by atoms with Gasteiger partial charge in [-0.05, 0) is 11.6 Å². The molecule has 0 saturated heterocycles. The van der Waals surface area contributed by atoms with Crippen LogP contribution in [0.3, 0.4) is 0 Å². The summed E-state index contributed by atoms with van der Waals surface area (Å²) in [5.41, 5.74) is 1.01. The number of rotatable bonds is 2. The maximum absolute atomic E-state index is 13.5. The molecule has 0 aliphatic carbocycles. The topological polar surface area (TPSA) is 50.2 Å². The van der Waals surface area contributed by atoms with Crippen molar-refractivity contribution in [1.82, 2.24) is 14.6 Å². The normalized spacial score (nSPS) is 10.9. The summed E-state index contributed by atoms with van der Waals surface area (Å²) in [5, 5.41) is 3.00. The second-order valence-corrected chi connectivity index (χ2v) is 4.03. The predicted octanol–water partition coefficient (Wildman–Crippen LogP) is 1.75. The number of nitrogens with zero attached hydrogens (tertiary/aromatic N) is 2. The first-order chi connectivity index (χ1) is 8.72. The number of benzene rings is 1. The quantitative estimate of drug-likeness (QED) is 0.745. The van der Waals surface area contributed by atoms with Gasteiger partial charge in [0.05, 0.1) is 0 Å². The van der Waals surface area contributed by atoms with Gasteiger partial charge in [0.1, 0.15) is 11.6 Å². The Morgan fingerprint density at radius 1 is 1.28 bits per heavy atom. The first kappa shape index (κ1) is 10.7. The predicted molar refractivity (Wildman–Crippen MR) is 65.0 cm³/mol. The zero-order valence-corrected chi connectivity index (χ0v) is 9.43. The van der Waals surface area contributed by atoms with Gasteiger partial charge in [-0.15, -0.1) is 0 Å². The van der Waals surface area contributed by atoms with Crippen molar-refractivity contribution in [2.45, 2.75) is 6.42 Å². The molecule has 0 spiro atoms. The van der Waals surface area contributed by atoms with Crippen LogP contribution in [0.4, 0.5) is 4.39 Å². The Labute approximate surface area is 102 Å². The van der Waals surface area contributed by atoms with Gasteiger partial charge in [0.15, 0.2) is 11.1 Å². The summed E-state index contributed by atoms with van der Waals surface area (Å²) in [7, 11) is 0. The van der Waals surface area contributed by atoms with Gasteiger partial charge in [0.2, 0.25) is 0 Å². The van der Waals surface area contributed by atoms with Gasteiger partial charge in [-0.3, -0.25) is 9.89 Å². The lowest BCUT2D eigenvalue weighted by atomic mass is 10.1. The van der Waals surface area contributed by atoms with Crippen LogP contribution in [0.5, 0.6) is 0 Å². The summed E-state index contributed by atoms with van der Waals surface area (Å²) >= 11 is 0. The number of H-pyrrole nitrogens is 1. The van der Waals surface area contributed by atoms with Crippen LogP contribution in [0.15, 0.2) is 47.4 Å². The molecule has 0 fully saturated rings. The molecule has 18 heavy (non-hydrogen) atoms. The van der Waals surface area contributed by atoms with Crippen LogP contribution in [0.1, 0.15) is 11.4 Å². The molecule has 4 nitrogen and oxygen atoms in total. The monoisotopic (exact) mass is 243 g/mol. The Morgan fingerprint density at radius 2 is 2.11 bits per heavy atom. The van der Waals surface area contributed by atoms with Crippen molar-refractivity contribution >= 4 is 5.65 Å². The highest BCUT2D eigenvalue weighted by atomic mass is 19.1. The molecule has 3 rings (SSSR count). The van der Waals surface area contributed by atoms with Crippen LogP contribution in [0.25, 0.3) is 5.65 Å². The zero-order valence-electron chi connectivity index (χ0n) is 9.43. The number of aromatic amines is 1. The third-order valence-corrected chi connectivity index (χ3v) is 2.72. The molecule has 0 bridgehead atoms. The molecule has 3 aromatic rings. The Bertz CT molecular complexity index is 760. The zero-order chi connectivity index (χ0) is 12.5. The standard InChI is InChI=1S/C13H10FN3O/c14-11-4-2-1-3-9(11)7-12-15-13-8-10(18)5-6-17(13)16-12/h1-6,8H,7H2,(H,15,16). The summed E-state index contributed by atoms with van der Waals surface area (Å²) in [6, 6.07) is 9.44. The van der Waals surface area contributed by atoms with Crippen molar-refractivity contribution in [1.29, 1.82) is 0 Å². The fourth-order valence-electron chi connectivity index (χ4n) is 1.85. The van der Waals surface area contributed by atoms with E-state index >= 15 is 0 Å². The largest absolute Gasteiger partial charge is 0.290 e. The Balaban J connectivity index is 2.01. The van der Waals surface area contributed by atoms with Crippen molar-refractivity contribution < 1.29 is 4.39 Å². The summed E-state index contributed by atoms with van der Waals surface area (Å²) < 4.78 is 15.1. The average Bonchev–Trinajstić information content (AvgIpc) is 2.73. The molecule has 0 amide bonds. The van der Waals surface area contributed by atoms with Crippen LogP contribution in [0.2, 0.25) is 0 Å². The lowest BCUT2D eigenvalue weighted by molar-refractivity contribution is 0.612. The lowest BCUT2D eigenvalue weighted by Gasteiger charge is -1.98. The molecule has 0 aliphatic rings. The molecule has 1 N–H and O–H groups in total. The second-order valence-electron chi connectivity index (χ2n) is 4.03. The lowest BCUT2D eigenvalue weighted by Crippen LogP contribution is -1.98. The third kappa shape index (κ3) is 1.90. The summed E-state index contributed by atoms with van der Waals surface area (Å²) in [6.45, 7) is 0. The minimum Gasteiger partial charge on any atom is -0.290 e. The SMILES string of the molecule is O=c1ccn2[nH]c(Cc3ccccc3F)nc2c1. The third-order valence-electron chi connectivity index (χ3n) is 2.72. The van der Waals surface area contributed by atoms with Crippen molar-refractivity contribution in [3.8, 4) is 0 Å². The molecule has 2 heterocycles. The molecular formula is C13H10FN3O. The Hall–Kier alpha value is -2.43. The van der Waals surface area contributed by atoms with Crippen LogP contribution in [0, 0.1) is 5.82 Å². The van der Waals surface area contributed by atoms with Crippen molar-refractivity contribution in [2.75, 3.05) is 0 Å². The molecule has 5 heteroatoms. The number of fused-ring (bicyclic) bond motifs is 1. The fourth-order valence-corrected chi connectivity index (χ4v) is 1.85. The average molecular weight is 243 g/mol. The van der Waals surface area contributed by atoms with E-state index < -0.39 is 0 Å². The van der Waals surface area contributed by atoms with Crippen molar-refractivity contribution in [2.24, 2.45) is 0 Å². The summed E-state index contributed by atoms with van der Waals surface area (Å²) in [4.78, 5) is 15.4. The van der Waals surface area contributed by atoms with Gasteiger partial charge in [-0.2, -0.15) is 0 Å². The van der Waals surface area contributed by atoms with Crippen molar-refractivity contribution in [3.63, 3.8) is 0 Å². The van der Waals surface area contributed by atoms with E-state index in [0.717, 1.165) is 0 Å². The number of hydrogen-bond donors (Lipinski definition) is 1. The van der Waals surface area contributed by atoms with Crippen molar-refractivity contribution in [3.05, 3.63) is 70.0 Å². The van der Waals surface area contributed by atoms with Gasteiger partial charge >= 0.3 is 0 Å². The van der Waals surface area contributed by atoms with Crippen LogP contribution in [-0.4, -0.2) is 14.6 Å². The highest BCUT2D eigenvalue weighted by Gasteiger charge is 2.06. The number of nitrogens with one attached hydrogen (secondary N) is 1. The number of pyridine rings is 1. The number of aromatic nitrogens is 3. The van der Waals surface area contributed by atoms with E-state index in [1.807, 2.05) is 0 Å². The maximum atomic E-state index is 13.5. The molecular weight excluding hydrogens is 233 g/mol. The minimum atomic E-state index is -0.257. The first-order valence-corrected chi connectivity index (χ1v) is 5.53. The molecule has 0 saturated carbocycles. The van der Waals surface area contributed by atoms with Gasteiger partial charge in [0, 0.05) is 24.8 Å². The van der Waals surface area contributed by atoms with Gasteiger partial charge in [0.25, 0.3) is 0 Å². The highest BCUT2D eigenvalue weighted by molar-refractivity contribution is 5.37. The van der Waals surface area contributed by atoms with E-state index in [1.54, 1.807) is 28.9 Å². The fraction of sp³-hybridized carbons (Fsp3) is 0.0769. The highest BCUT2D eigenvalue weighted by Crippen LogP contribution is 2.11. The van der Waals surface area contributed by atoms with E-state index in [0.29, 0.717) is 23.5 Å². The molecule has 2 aromatic heterocycles. The second kappa shape index (κ2) is 4.10. The van der Waals surface area contributed by atoms with Gasteiger partial charge < -0.3 is 0 Å².